The minimum Gasteiger partial charge on any atom is -0.480 e. The number of carbonyl (C=O) groups is 2. The van der Waals surface area contributed by atoms with Gasteiger partial charge in [0.2, 0.25) is 0 Å². The van der Waals surface area contributed by atoms with Gasteiger partial charge >= 0.3 is 5.97 Å². The Balaban J connectivity index is 2.00. The summed E-state index contributed by atoms with van der Waals surface area (Å²) in [5.41, 5.74) is 0.137. The predicted octanol–water partition coefficient (Wildman–Crippen LogP) is 1.31. The van der Waals surface area contributed by atoms with Crippen molar-refractivity contribution in [2.45, 2.75) is 39.2 Å². The van der Waals surface area contributed by atoms with E-state index in [1.807, 2.05) is 13.8 Å². The topological polar surface area (TPSA) is 95.4 Å². The lowest BCUT2D eigenvalue weighted by Gasteiger charge is -2.17. The molecule has 7 nitrogen and oxygen atoms in total. The van der Waals surface area contributed by atoms with E-state index in [4.69, 9.17) is 5.11 Å². The van der Waals surface area contributed by atoms with Gasteiger partial charge in [-0.1, -0.05) is 13.8 Å². The van der Waals surface area contributed by atoms with E-state index in [0.717, 1.165) is 31.7 Å². The summed E-state index contributed by atoms with van der Waals surface area (Å²) in [5, 5.41) is 19.6. The lowest BCUT2D eigenvalue weighted by atomic mass is 10.0. The number of carboxylic acids is 1. The fraction of sp³-hybridized carbons (Fsp3) is 0.600. The van der Waals surface area contributed by atoms with Gasteiger partial charge in [0.25, 0.3) is 5.91 Å². The van der Waals surface area contributed by atoms with Gasteiger partial charge < -0.3 is 15.3 Å². The fourth-order valence-electron chi connectivity index (χ4n) is 2.49. The molecule has 0 saturated carbocycles. The molecule has 1 atom stereocenters. The van der Waals surface area contributed by atoms with Gasteiger partial charge in [-0.25, -0.2) is 4.79 Å². The zero-order valence-corrected chi connectivity index (χ0v) is 13.0. The van der Waals surface area contributed by atoms with Crippen LogP contribution in [0.1, 0.15) is 43.6 Å². The largest absolute Gasteiger partial charge is 0.480 e. The zero-order valence-electron chi connectivity index (χ0n) is 13.0. The van der Waals surface area contributed by atoms with E-state index in [1.165, 1.54) is 0 Å². The Hall–Kier alpha value is -2.18. The normalized spacial score (nSPS) is 15.9. The minimum atomic E-state index is -1.04. The number of nitrogens with one attached hydrogen (secondary N) is 1. The molecule has 0 spiro atoms. The van der Waals surface area contributed by atoms with Crippen molar-refractivity contribution >= 4 is 17.7 Å². The van der Waals surface area contributed by atoms with Crippen LogP contribution < -0.4 is 10.2 Å². The number of hydrogen-bond acceptors (Lipinski definition) is 5. The number of nitrogens with zero attached hydrogens (tertiary/aromatic N) is 3. The number of anilines is 1. The molecule has 7 heteroatoms. The van der Waals surface area contributed by atoms with E-state index in [2.05, 4.69) is 20.4 Å². The van der Waals surface area contributed by atoms with Crippen LogP contribution >= 0.6 is 0 Å². The van der Waals surface area contributed by atoms with Crippen molar-refractivity contribution in [1.82, 2.24) is 15.5 Å². The Bertz CT molecular complexity index is 524. The van der Waals surface area contributed by atoms with Crippen LogP contribution in [0.25, 0.3) is 0 Å². The van der Waals surface area contributed by atoms with Crippen molar-refractivity contribution in [3.05, 3.63) is 17.8 Å². The second kappa shape index (κ2) is 7.20. The second-order valence-electron chi connectivity index (χ2n) is 5.96. The van der Waals surface area contributed by atoms with Gasteiger partial charge in [0.1, 0.15) is 6.04 Å². The molecular formula is C15H22N4O3. The molecule has 1 aromatic heterocycles. The molecule has 0 unspecified atom stereocenters. The summed E-state index contributed by atoms with van der Waals surface area (Å²) in [6.07, 6.45) is 2.65. The molecule has 1 amide bonds. The first-order chi connectivity index (χ1) is 10.5. The van der Waals surface area contributed by atoms with Crippen molar-refractivity contribution in [2.24, 2.45) is 5.92 Å². The maximum absolute atomic E-state index is 12.1. The van der Waals surface area contributed by atoms with Gasteiger partial charge in [-0.3, -0.25) is 4.79 Å². The molecule has 2 rings (SSSR count). The Morgan fingerprint density at radius 2 is 1.95 bits per heavy atom. The van der Waals surface area contributed by atoms with Crippen molar-refractivity contribution in [1.29, 1.82) is 0 Å². The van der Waals surface area contributed by atoms with E-state index >= 15 is 0 Å². The number of amides is 1. The van der Waals surface area contributed by atoms with Crippen molar-refractivity contribution in [2.75, 3.05) is 18.0 Å². The van der Waals surface area contributed by atoms with Crippen LogP contribution in [0.2, 0.25) is 0 Å². The first-order valence-electron chi connectivity index (χ1n) is 7.59. The molecule has 1 saturated heterocycles. The Morgan fingerprint density at radius 3 is 2.45 bits per heavy atom. The van der Waals surface area contributed by atoms with E-state index in [-0.39, 0.29) is 11.6 Å². The number of carboxylic acid groups (broad SMARTS) is 1. The number of aromatic nitrogens is 2. The molecule has 22 heavy (non-hydrogen) atoms. The van der Waals surface area contributed by atoms with Crippen molar-refractivity contribution in [3.8, 4) is 0 Å². The van der Waals surface area contributed by atoms with E-state index in [0.29, 0.717) is 6.42 Å². The molecule has 0 aliphatic carbocycles. The zero-order chi connectivity index (χ0) is 16.1. The Labute approximate surface area is 129 Å². The summed E-state index contributed by atoms with van der Waals surface area (Å²) in [7, 11) is 0. The fourth-order valence-corrected chi connectivity index (χ4v) is 2.49. The summed E-state index contributed by atoms with van der Waals surface area (Å²) in [4.78, 5) is 25.4. The molecule has 120 valence electrons. The van der Waals surface area contributed by atoms with Crippen LogP contribution in [0.3, 0.4) is 0 Å². The standard InChI is InChI=1S/C15H22N4O3/c1-10(2)9-12(15(21)22)16-14(20)11-5-6-13(18-17-11)19-7-3-4-8-19/h5-6,10,12H,3-4,7-9H2,1-2H3,(H,16,20)(H,21,22)/t12-/m0/s1. The molecule has 2 N–H and O–H groups in total. The van der Waals surface area contributed by atoms with Gasteiger partial charge in [-0.15, -0.1) is 10.2 Å². The van der Waals surface area contributed by atoms with Crippen LogP contribution in [0, 0.1) is 5.92 Å². The van der Waals surface area contributed by atoms with Crippen LogP contribution in [0.5, 0.6) is 0 Å². The van der Waals surface area contributed by atoms with E-state index in [1.54, 1.807) is 12.1 Å². The molecule has 1 aliphatic heterocycles. The molecule has 1 fully saturated rings. The summed E-state index contributed by atoms with van der Waals surface area (Å²) in [6, 6.07) is 2.43. The first-order valence-corrected chi connectivity index (χ1v) is 7.59. The summed E-state index contributed by atoms with van der Waals surface area (Å²) >= 11 is 0. The first kappa shape index (κ1) is 16.2. The van der Waals surface area contributed by atoms with Gasteiger partial charge in [-0.2, -0.15) is 0 Å². The van der Waals surface area contributed by atoms with Crippen LogP contribution in [0.15, 0.2) is 12.1 Å². The van der Waals surface area contributed by atoms with Crippen molar-refractivity contribution < 1.29 is 14.7 Å². The maximum Gasteiger partial charge on any atom is 0.326 e. The summed E-state index contributed by atoms with van der Waals surface area (Å²) in [6.45, 7) is 5.73. The molecule has 1 aromatic rings. The molecule has 0 radical (unpaired) electrons. The Kier molecular flexibility index (Phi) is 5.30. The summed E-state index contributed by atoms with van der Waals surface area (Å²) < 4.78 is 0. The monoisotopic (exact) mass is 306 g/mol. The lowest BCUT2D eigenvalue weighted by Crippen LogP contribution is -2.42. The van der Waals surface area contributed by atoms with E-state index < -0.39 is 17.9 Å². The van der Waals surface area contributed by atoms with Gasteiger partial charge in [-0.05, 0) is 37.3 Å². The van der Waals surface area contributed by atoms with Crippen LogP contribution in [0.4, 0.5) is 5.82 Å². The molecule has 2 heterocycles. The smallest absolute Gasteiger partial charge is 0.326 e. The number of aliphatic carboxylic acids is 1. The highest BCUT2D eigenvalue weighted by Crippen LogP contribution is 2.16. The predicted molar refractivity (Wildman–Crippen MR) is 81.8 cm³/mol. The van der Waals surface area contributed by atoms with Crippen molar-refractivity contribution in [3.63, 3.8) is 0 Å². The Morgan fingerprint density at radius 1 is 1.27 bits per heavy atom. The van der Waals surface area contributed by atoms with E-state index in [9.17, 15) is 9.59 Å². The minimum absolute atomic E-state index is 0.137. The number of carbonyl (C=O) groups excluding carboxylic acids is 1. The average molecular weight is 306 g/mol. The molecule has 0 bridgehead atoms. The molecule has 0 aromatic carbocycles. The van der Waals surface area contributed by atoms with Gasteiger partial charge in [0.15, 0.2) is 11.5 Å². The molecular weight excluding hydrogens is 284 g/mol. The highest BCUT2D eigenvalue weighted by molar-refractivity contribution is 5.94. The highest BCUT2D eigenvalue weighted by Gasteiger charge is 2.23. The quantitative estimate of drug-likeness (QED) is 0.822. The average Bonchev–Trinajstić information content (AvgIpc) is 3.00. The van der Waals surface area contributed by atoms with Gasteiger partial charge in [0.05, 0.1) is 0 Å². The third-order valence-electron chi connectivity index (χ3n) is 3.62. The second-order valence-corrected chi connectivity index (χ2v) is 5.96. The number of hydrogen-bond donors (Lipinski definition) is 2. The van der Waals surface area contributed by atoms with Crippen LogP contribution in [-0.2, 0) is 4.79 Å². The lowest BCUT2D eigenvalue weighted by molar-refractivity contribution is -0.139. The van der Waals surface area contributed by atoms with Crippen LogP contribution in [-0.4, -0.2) is 46.3 Å². The highest BCUT2D eigenvalue weighted by atomic mass is 16.4. The number of rotatable bonds is 6. The maximum atomic E-state index is 12.1. The molecule has 1 aliphatic rings. The third-order valence-corrected chi connectivity index (χ3v) is 3.62. The summed E-state index contributed by atoms with van der Waals surface area (Å²) in [5.74, 6) is -0.617. The third kappa shape index (κ3) is 4.16. The van der Waals surface area contributed by atoms with Gasteiger partial charge in [0, 0.05) is 13.1 Å². The SMILES string of the molecule is CC(C)C[C@H](NC(=O)c1ccc(N2CCCC2)nn1)C(=O)O.